The average Bonchev–Trinajstić information content (AvgIpc) is 3.07. The molecule has 0 aliphatic heterocycles. The second kappa shape index (κ2) is 8.86. The second-order valence-electron chi connectivity index (χ2n) is 8.55. The Kier molecular flexibility index (Phi) is 6.41. The van der Waals surface area contributed by atoms with Crippen molar-refractivity contribution in [3.05, 3.63) is 55.9 Å². The molecule has 1 heterocycles. The van der Waals surface area contributed by atoms with Gasteiger partial charge in [-0.15, -0.1) is 11.3 Å². The molecule has 1 aromatic carbocycles. The van der Waals surface area contributed by atoms with E-state index in [2.05, 4.69) is 32.2 Å². The van der Waals surface area contributed by atoms with Gasteiger partial charge < -0.3 is 10.1 Å². The molecule has 2 aromatic rings. The highest BCUT2D eigenvalue weighted by molar-refractivity contribution is 7.16. The van der Waals surface area contributed by atoms with Crippen LogP contribution >= 0.6 is 11.3 Å². The molecule has 1 atom stereocenters. The summed E-state index contributed by atoms with van der Waals surface area (Å²) < 4.78 is 5.00. The van der Waals surface area contributed by atoms with E-state index in [0.717, 1.165) is 29.7 Å². The van der Waals surface area contributed by atoms with Crippen LogP contribution in [0.25, 0.3) is 0 Å². The van der Waals surface area contributed by atoms with Gasteiger partial charge in [0.2, 0.25) is 0 Å². The first-order valence-corrected chi connectivity index (χ1v) is 10.7. The molecule has 0 saturated carbocycles. The standard InChI is InChI=1S/C22H23N3O5S/c1-22(2,3)14-6-9-16-17(11-23)20(31-18(16)10-14)24-19(26)12-30-21(27)13-4-7-15(8-5-13)25(28)29/h4-5,7-8,14H,6,9-10,12H2,1-3H3,(H,24,26)/t14-/m1/s1. The van der Waals surface area contributed by atoms with Crippen LogP contribution in [-0.2, 0) is 22.4 Å². The number of nitrogens with one attached hydrogen (secondary N) is 1. The Balaban J connectivity index is 1.63. The van der Waals surface area contributed by atoms with Crippen LogP contribution < -0.4 is 5.32 Å². The van der Waals surface area contributed by atoms with E-state index in [1.807, 2.05) is 0 Å². The Bertz CT molecular complexity index is 1060. The summed E-state index contributed by atoms with van der Waals surface area (Å²) in [5.41, 5.74) is 1.63. The van der Waals surface area contributed by atoms with Crippen LogP contribution in [0.15, 0.2) is 24.3 Å². The highest BCUT2D eigenvalue weighted by Gasteiger charge is 2.32. The summed E-state index contributed by atoms with van der Waals surface area (Å²) in [5.74, 6) is -0.793. The monoisotopic (exact) mass is 441 g/mol. The molecule has 0 radical (unpaired) electrons. The second-order valence-corrected chi connectivity index (χ2v) is 9.66. The highest BCUT2D eigenvalue weighted by Crippen LogP contribution is 2.43. The molecule has 0 fully saturated rings. The molecule has 1 aromatic heterocycles. The minimum atomic E-state index is -0.760. The third-order valence-corrected chi connectivity index (χ3v) is 6.67. The minimum Gasteiger partial charge on any atom is -0.452 e. The highest BCUT2D eigenvalue weighted by atomic mass is 32.1. The lowest BCUT2D eigenvalue weighted by Crippen LogP contribution is -2.26. The maximum atomic E-state index is 12.3. The third kappa shape index (κ3) is 5.09. The fraction of sp³-hybridized carbons (Fsp3) is 0.409. The summed E-state index contributed by atoms with van der Waals surface area (Å²) in [6, 6.07) is 7.12. The SMILES string of the molecule is CC(C)(C)[C@@H]1CCc2c(sc(NC(=O)COC(=O)c3ccc([N+](=O)[O-])cc3)c2C#N)C1. The number of nitro groups is 1. The number of esters is 1. The minimum absolute atomic E-state index is 0.107. The number of non-ortho nitro benzene ring substituents is 1. The summed E-state index contributed by atoms with van der Waals surface area (Å²) in [7, 11) is 0. The quantitative estimate of drug-likeness (QED) is 0.415. The van der Waals surface area contributed by atoms with Gasteiger partial charge in [0.1, 0.15) is 11.1 Å². The Hall–Kier alpha value is -3.25. The van der Waals surface area contributed by atoms with Crippen LogP contribution in [0, 0.1) is 32.8 Å². The maximum Gasteiger partial charge on any atom is 0.338 e. The lowest BCUT2D eigenvalue weighted by atomic mass is 9.72. The summed E-state index contributed by atoms with van der Waals surface area (Å²) in [5, 5.41) is 23.5. The lowest BCUT2D eigenvalue weighted by Gasteiger charge is -2.33. The number of hydrogen-bond donors (Lipinski definition) is 1. The van der Waals surface area contributed by atoms with Gasteiger partial charge in [-0.25, -0.2) is 4.79 Å². The Morgan fingerprint density at radius 1 is 1.32 bits per heavy atom. The van der Waals surface area contributed by atoms with Crippen molar-refractivity contribution >= 4 is 33.9 Å². The number of carbonyl (C=O) groups is 2. The number of thiophene rings is 1. The van der Waals surface area contributed by atoms with Crippen molar-refractivity contribution in [2.75, 3.05) is 11.9 Å². The van der Waals surface area contributed by atoms with Crippen LogP contribution in [0.4, 0.5) is 10.7 Å². The number of nitriles is 1. The van der Waals surface area contributed by atoms with Crippen LogP contribution in [0.2, 0.25) is 0 Å². The number of benzene rings is 1. The molecule has 31 heavy (non-hydrogen) atoms. The van der Waals surface area contributed by atoms with Crippen molar-refractivity contribution in [1.82, 2.24) is 0 Å². The zero-order valence-electron chi connectivity index (χ0n) is 17.6. The van der Waals surface area contributed by atoms with E-state index in [1.165, 1.54) is 35.6 Å². The lowest BCUT2D eigenvalue weighted by molar-refractivity contribution is -0.384. The number of carbonyl (C=O) groups excluding carboxylic acids is 2. The van der Waals surface area contributed by atoms with Crippen molar-refractivity contribution in [2.24, 2.45) is 11.3 Å². The predicted octanol–water partition coefficient (Wildman–Crippen LogP) is 4.47. The molecule has 3 rings (SSSR count). The summed E-state index contributed by atoms with van der Waals surface area (Å²) in [6.07, 6.45) is 2.69. The fourth-order valence-corrected chi connectivity index (χ4v) is 4.92. The van der Waals surface area contributed by atoms with Gasteiger partial charge in [0.15, 0.2) is 6.61 Å². The van der Waals surface area contributed by atoms with Crippen molar-refractivity contribution in [2.45, 2.75) is 40.0 Å². The van der Waals surface area contributed by atoms with Crippen LogP contribution in [0.1, 0.15) is 53.6 Å². The van der Waals surface area contributed by atoms with Gasteiger partial charge in [-0.2, -0.15) is 5.26 Å². The van der Waals surface area contributed by atoms with E-state index in [0.29, 0.717) is 16.5 Å². The molecule has 1 N–H and O–H groups in total. The number of nitrogens with zero attached hydrogens (tertiary/aromatic N) is 2. The van der Waals surface area contributed by atoms with Crippen LogP contribution in [-0.4, -0.2) is 23.4 Å². The molecule has 9 heteroatoms. The number of fused-ring (bicyclic) bond motifs is 1. The van der Waals surface area contributed by atoms with Gasteiger partial charge in [-0.1, -0.05) is 20.8 Å². The van der Waals surface area contributed by atoms with Crippen molar-refractivity contribution < 1.29 is 19.2 Å². The zero-order chi connectivity index (χ0) is 22.8. The predicted molar refractivity (Wildman–Crippen MR) is 116 cm³/mol. The Morgan fingerprint density at radius 3 is 2.58 bits per heavy atom. The summed E-state index contributed by atoms with van der Waals surface area (Å²) in [4.78, 5) is 35.6. The Labute approximate surface area is 184 Å². The first-order chi connectivity index (χ1) is 14.6. The smallest absolute Gasteiger partial charge is 0.338 e. The van der Waals surface area contributed by atoms with E-state index >= 15 is 0 Å². The van der Waals surface area contributed by atoms with E-state index in [1.54, 1.807) is 0 Å². The van der Waals surface area contributed by atoms with E-state index in [-0.39, 0.29) is 16.7 Å². The van der Waals surface area contributed by atoms with Gasteiger partial charge in [-0.05, 0) is 48.3 Å². The molecule has 1 aliphatic rings. The number of nitro benzene ring substituents is 1. The average molecular weight is 442 g/mol. The van der Waals surface area contributed by atoms with Gasteiger partial charge in [0.05, 0.1) is 16.1 Å². The van der Waals surface area contributed by atoms with Gasteiger partial charge in [0, 0.05) is 17.0 Å². The molecule has 1 aliphatic carbocycles. The molecular formula is C22H23N3O5S. The summed E-state index contributed by atoms with van der Waals surface area (Å²) in [6.45, 7) is 6.12. The van der Waals surface area contributed by atoms with Gasteiger partial charge in [-0.3, -0.25) is 14.9 Å². The van der Waals surface area contributed by atoms with Crippen LogP contribution in [0.5, 0.6) is 0 Å². The fourth-order valence-electron chi connectivity index (χ4n) is 3.63. The van der Waals surface area contributed by atoms with Crippen LogP contribution in [0.3, 0.4) is 0 Å². The van der Waals surface area contributed by atoms with Crippen molar-refractivity contribution in [3.63, 3.8) is 0 Å². The van der Waals surface area contributed by atoms with Gasteiger partial charge >= 0.3 is 5.97 Å². The molecule has 0 spiro atoms. The summed E-state index contributed by atoms with van der Waals surface area (Å²) >= 11 is 1.41. The number of rotatable bonds is 5. The molecular weight excluding hydrogens is 418 g/mol. The molecule has 0 saturated heterocycles. The molecule has 1 amide bonds. The first-order valence-electron chi connectivity index (χ1n) is 9.86. The largest absolute Gasteiger partial charge is 0.452 e. The zero-order valence-corrected chi connectivity index (χ0v) is 18.4. The number of amides is 1. The van der Waals surface area contributed by atoms with Crippen molar-refractivity contribution in [1.29, 1.82) is 5.26 Å². The molecule has 0 unspecified atom stereocenters. The van der Waals surface area contributed by atoms with Gasteiger partial charge in [0.25, 0.3) is 11.6 Å². The molecule has 162 valence electrons. The van der Waals surface area contributed by atoms with Crippen molar-refractivity contribution in [3.8, 4) is 6.07 Å². The maximum absolute atomic E-state index is 12.3. The van der Waals surface area contributed by atoms with E-state index in [4.69, 9.17) is 4.74 Å². The molecule has 8 nitrogen and oxygen atoms in total. The first kappa shape index (κ1) is 22.4. The number of anilines is 1. The normalized spacial score (nSPS) is 15.5. The van der Waals surface area contributed by atoms with E-state index < -0.39 is 23.4 Å². The Morgan fingerprint density at radius 2 is 2.00 bits per heavy atom. The molecule has 0 bridgehead atoms. The third-order valence-electron chi connectivity index (χ3n) is 5.50. The van der Waals surface area contributed by atoms with E-state index in [9.17, 15) is 25.0 Å². The topological polar surface area (TPSA) is 122 Å². The number of hydrogen-bond acceptors (Lipinski definition) is 7. The number of ether oxygens (including phenoxy) is 1.